The molecule has 0 aromatic rings. The molecule has 0 N–H and O–H groups in total. The molecule has 0 radical (unpaired) electrons. The van der Waals surface area contributed by atoms with Crippen molar-refractivity contribution < 1.29 is 0 Å². The first-order valence-electron chi connectivity index (χ1n) is 17.5. The van der Waals surface area contributed by atoms with Crippen LogP contribution in [0.2, 0.25) is 0 Å². The lowest BCUT2D eigenvalue weighted by atomic mass is 9.46. The highest BCUT2D eigenvalue weighted by Crippen LogP contribution is 2.72. The van der Waals surface area contributed by atoms with E-state index in [1.165, 1.54) is 128 Å². The second-order valence-electron chi connectivity index (χ2n) is 15.9. The number of hydrogen-bond acceptors (Lipinski definition) is 0. The maximum Gasteiger partial charge on any atom is -0.00849 e. The zero-order chi connectivity index (χ0) is 26.1. The van der Waals surface area contributed by atoms with Gasteiger partial charge in [-0.15, -0.1) is 0 Å². The molecule has 0 aliphatic heterocycles. The maximum absolute atomic E-state index is 2.82. The van der Waals surface area contributed by atoms with Crippen molar-refractivity contribution in [1.29, 1.82) is 0 Å². The van der Waals surface area contributed by atoms with Crippen molar-refractivity contribution in [3.8, 4) is 0 Å². The van der Waals surface area contributed by atoms with Gasteiger partial charge in [0.1, 0.15) is 0 Å². The molecule has 1 spiro atoms. The maximum atomic E-state index is 2.82. The predicted molar refractivity (Wildman–Crippen MR) is 162 cm³/mol. The lowest BCUT2D eigenvalue weighted by Gasteiger charge is -2.59. The summed E-state index contributed by atoms with van der Waals surface area (Å²) in [6, 6.07) is 0. The monoisotopic (exact) mass is 509 g/mol. The largest absolute Gasteiger partial charge is 0.0845 e. The molecule has 0 amide bonds. The van der Waals surface area contributed by atoms with Gasteiger partial charge in [0.05, 0.1) is 0 Å². The molecule has 0 aromatic carbocycles. The van der Waals surface area contributed by atoms with Crippen LogP contribution < -0.4 is 0 Å². The summed E-state index contributed by atoms with van der Waals surface area (Å²) in [7, 11) is 0. The Kier molecular flexibility index (Phi) is 8.93. The Morgan fingerprint density at radius 3 is 2.11 bits per heavy atom. The van der Waals surface area contributed by atoms with Gasteiger partial charge in [0, 0.05) is 0 Å². The van der Waals surface area contributed by atoms with E-state index in [9.17, 15) is 0 Å². The van der Waals surface area contributed by atoms with Crippen LogP contribution >= 0.6 is 0 Å². The van der Waals surface area contributed by atoms with Crippen molar-refractivity contribution in [2.24, 2.45) is 51.8 Å². The summed E-state index contributed by atoms with van der Waals surface area (Å²) in [6.07, 6.45) is 34.1. The highest BCUT2D eigenvalue weighted by molar-refractivity contribution is 5.29. The van der Waals surface area contributed by atoms with E-state index in [2.05, 4.69) is 40.7 Å². The van der Waals surface area contributed by atoms with E-state index < -0.39 is 0 Å². The second kappa shape index (κ2) is 11.7. The fraction of sp³-hybridized carbons (Fsp3) is 0.946. The fourth-order valence-electron chi connectivity index (χ4n) is 11.2. The Morgan fingerprint density at radius 2 is 1.46 bits per heavy atom. The predicted octanol–water partition coefficient (Wildman–Crippen LogP) is 11.9. The molecule has 4 fully saturated rings. The van der Waals surface area contributed by atoms with E-state index in [0.29, 0.717) is 10.8 Å². The van der Waals surface area contributed by atoms with Gasteiger partial charge in [0.25, 0.3) is 0 Å². The van der Waals surface area contributed by atoms with Gasteiger partial charge in [-0.25, -0.2) is 0 Å². The van der Waals surface area contributed by atoms with E-state index >= 15 is 0 Å². The van der Waals surface area contributed by atoms with Gasteiger partial charge >= 0.3 is 0 Å². The topological polar surface area (TPSA) is 0 Å². The minimum absolute atomic E-state index is 0.553. The van der Waals surface area contributed by atoms with Gasteiger partial charge in [-0.2, -0.15) is 0 Å². The van der Waals surface area contributed by atoms with Crippen LogP contribution in [0.15, 0.2) is 11.6 Å². The lowest BCUT2D eigenvalue weighted by Crippen LogP contribution is -2.50. The normalized spacial score (nSPS) is 43.2. The van der Waals surface area contributed by atoms with Crippen LogP contribution in [0, 0.1) is 51.8 Å². The van der Waals surface area contributed by atoms with Crippen LogP contribution in [-0.2, 0) is 0 Å². The SMILES string of the molecule is CCCCCCCCCCCCC[C@@H](C)[C@H]1CC[C@H]2C3CC=C4CC5(CC[C@]4(C)[C@H]3CC[C@]12C)C[C@H]5C. The number of unbranched alkanes of at least 4 members (excludes halogenated alkanes) is 10. The Balaban J connectivity index is 1.07. The summed E-state index contributed by atoms with van der Waals surface area (Å²) >= 11 is 0. The molecule has 5 aliphatic carbocycles. The first-order valence-corrected chi connectivity index (χ1v) is 17.5. The summed E-state index contributed by atoms with van der Waals surface area (Å²) < 4.78 is 0. The zero-order valence-corrected chi connectivity index (χ0v) is 25.9. The zero-order valence-electron chi connectivity index (χ0n) is 25.9. The Morgan fingerprint density at radius 1 is 0.811 bits per heavy atom. The number of hydrogen-bond donors (Lipinski definition) is 0. The van der Waals surface area contributed by atoms with E-state index in [4.69, 9.17) is 0 Å². The molecule has 37 heavy (non-hydrogen) atoms. The summed E-state index contributed by atoms with van der Waals surface area (Å²) in [4.78, 5) is 0. The third-order valence-electron chi connectivity index (χ3n) is 13.9. The van der Waals surface area contributed by atoms with E-state index in [1.54, 1.807) is 6.42 Å². The van der Waals surface area contributed by atoms with E-state index in [0.717, 1.165) is 40.9 Å². The highest BCUT2D eigenvalue weighted by atomic mass is 14.7. The molecule has 0 heterocycles. The summed E-state index contributed by atoms with van der Waals surface area (Å²) in [6.45, 7) is 13.0. The van der Waals surface area contributed by atoms with E-state index in [1.807, 2.05) is 5.57 Å². The van der Waals surface area contributed by atoms with Gasteiger partial charge in [-0.05, 0) is 110 Å². The van der Waals surface area contributed by atoms with Gasteiger partial charge in [-0.3, -0.25) is 0 Å². The highest BCUT2D eigenvalue weighted by Gasteiger charge is 2.62. The summed E-state index contributed by atoms with van der Waals surface area (Å²) in [5, 5.41) is 0. The minimum atomic E-state index is 0.553. The third-order valence-corrected chi connectivity index (χ3v) is 13.9. The number of allylic oxidation sites excluding steroid dienone is 2. The summed E-state index contributed by atoms with van der Waals surface area (Å²) in [5.41, 5.74) is 3.86. The molecule has 0 bridgehead atoms. The smallest absolute Gasteiger partial charge is 0.00849 e. The standard InChI is InChI=1S/C37H64/c1-6-7-8-9-10-11-12-13-14-15-16-17-28(2)32-20-21-33-31-19-18-30-27-37(26-29(37)3)25-24-35(30,4)34(31)22-23-36(32,33)5/h18,28-29,31-34H,6-17,19-27H2,1-5H3/t28-,29-,31?,32-,33+,34+,35+,36-,37?/m1/s1. The quantitative estimate of drug-likeness (QED) is 0.171. The molecule has 5 rings (SSSR count). The van der Waals surface area contributed by atoms with Gasteiger partial charge in [0.2, 0.25) is 0 Å². The van der Waals surface area contributed by atoms with Crippen LogP contribution in [0.3, 0.4) is 0 Å². The first kappa shape index (κ1) is 28.3. The van der Waals surface area contributed by atoms with Crippen molar-refractivity contribution >= 4 is 0 Å². The molecule has 212 valence electrons. The fourth-order valence-corrected chi connectivity index (χ4v) is 11.2. The molecular formula is C37H64. The Hall–Kier alpha value is -0.260. The van der Waals surface area contributed by atoms with Crippen LogP contribution in [0.25, 0.3) is 0 Å². The summed E-state index contributed by atoms with van der Waals surface area (Å²) in [5.74, 6) is 5.96. The first-order chi connectivity index (χ1) is 17.8. The number of fused-ring (bicyclic) bond motifs is 5. The molecule has 0 nitrogen and oxygen atoms in total. The average Bonchev–Trinajstić information content (AvgIpc) is 3.35. The molecule has 0 heteroatoms. The molecule has 5 aliphatic rings. The third kappa shape index (κ3) is 5.53. The van der Waals surface area contributed by atoms with Crippen molar-refractivity contribution in [2.75, 3.05) is 0 Å². The van der Waals surface area contributed by atoms with Crippen LogP contribution in [-0.4, -0.2) is 0 Å². The molecule has 9 atom stereocenters. The molecule has 0 saturated heterocycles. The van der Waals surface area contributed by atoms with Crippen molar-refractivity contribution in [3.63, 3.8) is 0 Å². The van der Waals surface area contributed by atoms with Crippen LogP contribution in [0.1, 0.15) is 169 Å². The van der Waals surface area contributed by atoms with E-state index in [-0.39, 0.29) is 0 Å². The number of rotatable bonds is 13. The lowest BCUT2D eigenvalue weighted by molar-refractivity contribution is -0.0541. The minimum Gasteiger partial charge on any atom is -0.0845 e. The van der Waals surface area contributed by atoms with Crippen molar-refractivity contribution in [1.82, 2.24) is 0 Å². The Labute approximate surface area is 232 Å². The Bertz CT molecular complexity index is 777. The second-order valence-corrected chi connectivity index (χ2v) is 15.9. The van der Waals surface area contributed by atoms with Crippen LogP contribution in [0.4, 0.5) is 0 Å². The molecular weight excluding hydrogens is 444 g/mol. The van der Waals surface area contributed by atoms with Gasteiger partial charge < -0.3 is 0 Å². The molecule has 0 aromatic heterocycles. The van der Waals surface area contributed by atoms with Crippen molar-refractivity contribution in [3.05, 3.63) is 11.6 Å². The molecule has 2 unspecified atom stereocenters. The van der Waals surface area contributed by atoms with Gasteiger partial charge in [-0.1, -0.05) is 123 Å². The van der Waals surface area contributed by atoms with Crippen molar-refractivity contribution in [2.45, 2.75) is 169 Å². The van der Waals surface area contributed by atoms with Gasteiger partial charge in [0.15, 0.2) is 0 Å². The van der Waals surface area contributed by atoms with Crippen LogP contribution in [0.5, 0.6) is 0 Å². The molecule has 4 saturated carbocycles. The average molecular weight is 509 g/mol.